The Kier molecular flexibility index (Phi) is 12.1. The van der Waals surface area contributed by atoms with Gasteiger partial charge < -0.3 is 37.9 Å². The number of hydrogen-bond donors (Lipinski definition) is 0. The van der Waals surface area contributed by atoms with Crippen LogP contribution in [0.15, 0.2) is 0 Å². The van der Waals surface area contributed by atoms with Crippen LogP contribution in [0.1, 0.15) is 165 Å². The average molecular weight is 973 g/mol. The quantitative estimate of drug-likeness (QED) is 0.150. The topological polar surface area (TPSA) is 163 Å². The van der Waals surface area contributed by atoms with Crippen LogP contribution in [0.25, 0.3) is 0 Å². The molecule has 12 saturated heterocycles. The van der Waals surface area contributed by atoms with Crippen molar-refractivity contribution in [3.8, 4) is 0 Å². The predicted octanol–water partition coefficient (Wildman–Crippen LogP) is 8.96. The molecule has 0 aromatic carbocycles. The van der Waals surface area contributed by atoms with E-state index in [1.54, 1.807) is 0 Å². The Bertz CT molecular complexity index is 1890. The number of carbonyl (C=O) groups is 2. The van der Waals surface area contributed by atoms with Crippen LogP contribution in [-0.2, 0) is 76.8 Å². The van der Waals surface area contributed by atoms with Gasteiger partial charge in [0.2, 0.25) is 23.7 Å². The summed E-state index contributed by atoms with van der Waals surface area (Å²) >= 11 is 0. The standard InChI is InChI=1S/C53H80O16/c1-27-10-13-37-30(4)40(57-45-51(37)34(27)18-21-48(7,61-45)64-67-51)24-33(25-41-31(5)38-14-11-28(2)35-19-22-49(8)62-46(58-41)52(35,38)68-65-49)26-56-42(54)16-17-43(55)59-44-32(6)39-15-12-29(3)36-20-23-50(9)63-47(60-44)53(36,39)69-66-50/h27-41,44-47H,10-26H2,1-9H3/t27-,28-,29-,30-,31-,32-,34+,35+,36+,37+,38+,39+,40-,41-,44-,45-,46-,47-,48-,49-,50-,51-,52-,53-/m1/s1. The van der Waals surface area contributed by atoms with E-state index in [2.05, 4.69) is 34.6 Å². The van der Waals surface area contributed by atoms with Gasteiger partial charge in [0.1, 0.15) is 0 Å². The van der Waals surface area contributed by atoms with Gasteiger partial charge in [-0.1, -0.05) is 41.5 Å². The highest BCUT2D eigenvalue weighted by atomic mass is 17.3. The monoisotopic (exact) mass is 973 g/mol. The fourth-order valence-corrected chi connectivity index (χ4v) is 17.1. The normalized spacial score (nSPS) is 55.7. The van der Waals surface area contributed by atoms with Crippen LogP contribution in [0.4, 0.5) is 0 Å². The molecular formula is C53H80O16. The third kappa shape index (κ3) is 7.53. The largest absolute Gasteiger partial charge is 0.465 e. The summed E-state index contributed by atoms with van der Waals surface area (Å²) in [6, 6.07) is 0. The molecule has 388 valence electrons. The maximum absolute atomic E-state index is 13.8. The molecule has 0 amide bonds. The summed E-state index contributed by atoms with van der Waals surface area (Å²) in [5.74, 6) is -1.43. The van der Waals surface area contributed by atoms with E-state index in [0.29, 0.717) is 37.0 Å². The number of hydrogen-bond acceptors (Lipinski definition) is 16. The Morgan fingerprint density at radius 3 is 1.30 bits per heavy atom. The fraction of sp³-hybridized carbons (Fsp3) is 0.962. The van der Waals surface area contributed by atoms with Crippen molar-refractivity contribution < 1.29 is 76.8 Å². The molecular weight excluding hydrogens is 893 g/mol. The van der Waals surface area contributed by atoms with E-state index in [0.717, 1.165) is 70.6 Å². The van der Waals surface area contributed by atoms with Crippen molar-refractivity contribution in [1.29, 1.82) is 0 Å². The van der Waals surface area contributed by atoms with Crippen molar-refractivity contribution in [2.75, 3.05) is 6.61 Å². The summed E-state index contributed by atoms with van der Waals surface area (Å²) in [7, 11) is 0. The maximum atomic E-state index is 13.8. The summed E-state index contributed by atoms with van der Waals surface area (Å²) < 4.78 is 53.0. The second kappa shape index (κ2) is 17.3. The van der Waals surface area contributed by atoms with Crippen molar-refractivity contribution in [2.24, 2.45) is 76.9 Å². The second-order valence-electron chi connectivity index (χ2n) is 25.2. The number of rotatable bonds is 10. The van der Waals surface area contributed by atoms with Gasteiger partial charge in [0.15, 0.2) is 35.7 Å². The Hall–Kier alpha value is -1.54. The van der Waals surface area contributed by atoms with Crippen LogP contribution in [0.2, 0.25) is 0 Å². The highest BCUT2D eigenvalue weighted by Gasteiger charge is 2.73. The first-order valence-corrected chi connectivity index (χ1v) is 27.3. The van der Waals surface area contributed by atoms with Gasteiger partial charge in [0.05, 0.1) is 31.7 Å². The van der Waals surface area contributed by atoms with Crippen molar-refractivity contribution in [2.45, 2.75) is 237 Å². The highest BCUT2D eigenvalue weighted by molar-refractivity contribution is 5.77. The first-order chi connectivity index (χ1) is 32.9. The molecule has 6 bridgehead atoms. The third-order valence-corrected chi connectivity index (χ3v) is 21.1. The molecule has 16 nitrogen and oxygen atoms in total. The summed E-state index contributed by atoms with van der Waals surface area (Å²) in [4.78, 5) is 64.9. The van der Waals surface area contributed by atoms with Crippen molar-refractivity contribution in [3.05, 3.63) is 0 Å². The Morgan fingerprint density at radius 1 is 0.478 bits per heavy atom. The molecule has 0 aromatic heterocycles. The van der Waals surface area contributed by atoms with Crippen LogP contribution >= 0.6 is 0 Å². The molecule has 15 rings (SSSR count). The first kappa shape index (κ1) is 48.4. The molecule has 3 saturated carbocycles. The van der Waals surface area contributed by atoms with E-state index in [9.17, 15) is 9.59 Å². The van der Waals surface area contributed by atoms with E-state index in [-0.39, 0.29) is 90.8 Å². The lowest BCUT2D eigenvalue weighted by Gasteiger charge is -2.61. The minimum absolute atomic E-state index is 0.00947. The van der Waals surface area contributed by atoms with Gasteiger partial charge in [0, 0.05) is 42.9 Å². The van der Waals surface area contributed by atoms with Crippen LogP contribution in [0.3, 0.4) is 0 Å². The van der Waals surface area contributed by atoms with Crippen LogP contribution < -0.4 is 0 Å². The number of carbonyl (C=O) groups excluding carboxylic acids is 2. The molecule has 0 radical (unpaired) electrons. The zero-order valence-electron chi connectivity index (χ0n) is 42.5. The van der Waals surface area contributed by atoms with Crippen LogP contribution in [0.5, 0.6) is 0 Å². The molecule has 12 heterocycles. The van der Waals surface area contributed by atoms with E-state index < -0.39 is 71.3 Å². The molecule has 0 aromatic rings. The molecule has 3 aliphatic carbocycles. The maximum Gasteiger partial charge on any atom is 0.308 e. The summed E-state index contributed by atoms with van der Waals surface area (Å²) in [6.07, 6.45) is 8.90. The summed E-state index contributed by atoms with van der Waals surface area (Å²) in [5.41, 5.74) is -2.12. The smallest absolute Gasteiger partial charge is 0.308 e. The van der Waals surface area contributed by atoms with Gasteiger partial charge in [0.25, 0.3) is 0 Å². The van der Waals surface area contributed by atoms with Gasteiger partial charge in [-0.3, -0.25) is 9.59 Å². The van der Waals surface area contributed by atoms with Crippen LogP contribution in [0, 0.1) is 76.9 Å². The lowest BCUT2D eigenvalue weighted by molar-refractivity contribution is -0.576. The summed E-state index contributed by atoms with van der Waals surface area (Å²) in [6.45, 7) is 19.5. The molecule has 0 unspecified atom stereocenters. The minimum atomic E-state index is -0.939. The number of ether oxygens (including phenoxy) is 8. The highest BCUT2D eigenvalue weighted by Crippen LogP contribution is 2.64. The third-order valence-electron chi connectivity index (χ3n) is 21.1. The molecule has 15 fully saturated rings. The predicted molar refractivity (Wildman–Crippen MR) is 239 cm³/mol. The van der Waals surface area contributed by atoms with Crippen molar-refractivity contribution in [3.63, 3.8) is 0 Å². The van der Waals surface area contributed by atoms with E-state index in [4.69, 9.17) is 67.2 Å². The van der Waals surface area contributed by atoms with Crippen molar-refractivity contribution >= 4 is 11.9 Å². The van der Waals surface area contributed by atoms with E-state index >= 15 is 0 Å². The van der Waals surface area contributed by atoms with Gasteiger partial charge in [-0.25, -0.2) is 29.3 Å². The Balaban J connectivity index is 0.747. The molecule has 0 N–H and O–H groups in total. The zero-order chi connectivity index (χ0) is 48.0. The van der Waals surface area contributed by atoms with Gasteiger partial charge in [-0.05, 0) is 145 Å². The number of esters is 2. The zero-order valence-corrected chi connectivity index (χ0v) is 42.5. The van der Waals surface area contributed by atoms with E-state index in [1.807, 2.05) is 27.7 Å². The molecule has 16 heteroatoms. The van der Waals surface area contributed by atoms with Gasteiger partial charge in [-0.15, -0.1) is 0 Å². The van der Waals surface area contributed by atoms with Crippen LogP contribution in [-0.4, -0.2) is 90.1 Å². The lowest BCUT2D eigenvalue weighted by atomic mass is 9.56. The van der Waals surface area contributed by atoms with Gasteiger partial charge >= 0.3 is 11.9 Å². The average Bonchev–Trinajstić information content (AvgIpc) is 3.80. The Morgan fingerprint density at radius 2 is 0.870 bits per heavy atom. The second-order valence-corrected chi connectivity index (χ2v) is 25.2. The van der Waals surface area contributed by atoms with Crippen molar-refractivity contribution in [1.82, 2.24) is 0 Å². The Labute approximate surface area is 407 Å². The number of fused-ring (bicyclic) bond motifs is 6. The minimum Gasteiger partial charge on any atom is -0.465 e. The first-order valence-electron chi connectivity index (χ1n) is 27.3. The fourth-order valence-electron chi connectivity index (χ4n) is 17.1. The molecule has 3 spiro atoms. The molecule has 24 atom stereocenters. The summed E-state index contributed by atoms with van der Waals surface area (Å²) in [5, 5.41) is 0. The molecule has 69 heavy (non-hydrogen) atoms. The SMILES string of the molecule is C[C@H]1[C@H](OC(=O)CCC(=O)OCC(C[C@H]2O[C@@H]3O[C@@]4(C)CC[C@H]5[C@H](C)CC[C@@H]([C@H]2C)[C@@]35OO4)C[C@H]2O[C@@H]3O[C@@]4(C)CC[C@H]5[C@H](C)CC[C@@H]([C@H]2C)[C@@]35OO4)O[C@@H]2O[C@@]3(C)CC[C@H]4[C@H](C)CC[C@@H]1[C@@]24OO3. The van der Waals surface area contributed by atoms with E-state index in [1.165, 1.54) is 0 Å². The van der Waals surface area contributed by atoms with Gasteiger partial charge in [-0.2, -0.15) is 0 Å². The molecule has 12 aliphatic heterocycles. The molecule has 15 aliphatic rings. The lowest BCUT2D eigenvalue weighted by Crippen LogP contribution is -2.70.